The number of hydrogen-bond donors (Lipinski definition) is 2. The van der Waals surface area contributed by atoms with Crippen LogP contribution in [0.4, 0.5) is 11.6 Å². The zero-order chi connectivity index (χ0) is 20.5. The fraction of sp³-hybridized carbons (Fsp3) is 0.0952. The van der Waals surface area contributed by atoms with E-state index >= 15 is 0 Å². The summed E-state index contributed by atoms with van der Waals surface area (Å²) in [6.45, 7) is 1.88. The van der Waals surface area contributed by atoms with Crippen molar-refractivity contribution in [1.82, 2.24) is 24.7 Å². The Hall–Kier alpha value is -3.85. The summed E-state index contributed by atoms with van der Waals surface area (Å²) in [6, 6.07) is 10.9. The molecule has 0 aliphatic carbocycles. The lowest BCUT2D eigenvalue weighted by Gasteiger charge is -2.27. The smallest absolute Gasteiger partial charge is 0.255 e. The first-order valence-electron chi connectivity index (χ1n) is 9.30. The highest BCUT2D eigenvalue weighted by Crippen LogP contribution is 2.38. The van der Waals surface area contributed by atoms with Crippen LogP contribution in [0.25, 0.3) is 11.4 Å². The highest BCUT2D eigenvalue weighted by atomic mass is 32.1. The van der Waals surface area contributed by atoms with E-state index in [9.17, 15) is 4.79 Å². The van der Waals surface area contributed by atoms with Crippen LogP contribution in [0.15, 0.2) is 77.8 Å². The fourth-order valence-electron chi connectivity index (χ4n) is 3.41. The van der Waals surface area contributed by atoms with Gasteiger partial charge in [0.05, 0.1) is 17.5 Å². The van der Waals surface area contributed by atoms with Crippen LogP contribution in [-0.2, 0) is 4.79 Å². The van der Waals surface area contributed by atoms with E-state index < -0.39 is 6.04 Å². The Morgan fingerprint density at radius 2 is 1.97 bits per heavy atom. The second-order valence-corrected chi connectivity index (χ2v) is 7.70. The zero-order valence-electron chi connectivity index (χ0n) is 16.0. The van der Waals surface area contributed by atoms with E-state index in [0.29, 0.717) is 23.0 Å². The number of hydrogen-bond acceptors (Lipinski definition) is 7. The van der Waals surface area contributed by atoms with E-state index in [0.717, 1.165) is 16.1 Å². The molecule has 0 fully saturated rings. The van der Waals surface area contributed by atoms with Gasteiger partial charge >= 0.3 is 0 Å². The largest absolute Gasteiger partial charge is 0.328 e. The van der Waals surface area contributed by atoms with Crippen molar-refractivity contribution in [2.75, 3.05) is 10.6 Å². The molecule has 1 atom stereocenters. The predicted molar refractivity (Wildman–Crippen MR) is 115 cm³/mol. The first-order valence-corrected chi connectivity index (χ1v) is 10.2. The van der Waals surface area contributed by atoms with E-state index in [2.05, 4.69) is 25.6 Å². The minimum atomic E-state index is -0.393. The molecule has 9 heteroatoms. The number of carbonyl (C=O) groups is 1. The van der Waals surface area contributed by atoms with Crippen molar-refractivity contribution in [3.8, 4) is 11.4 Å². The SMILES string of the molecule is CC1=C(C(=O)Nc2cccnc2)C(c2cccs2)n2nc(-c3cccnc3)nc2N1. The number of allylic oxidation sites excluding steroid dienone is 1. The van der Waals surface area contributed by atoms with Crippen molar-refractivity contribution in [2.24, 2.45) is 0 Å². The molecule has 4 aromatic rings. The minimum absolute atomic E-state index is 0.213. The zero-order valence-corrected chi connectivity index (χ0v) is 16.8. The predicted octanol–water partition coefficient (Wildman–Crippen LogP) is 3.72. The Morgan fingerprint density at radius 1 is 1.13 bits per heavy atom. The first-order chi connectivity index (χ1) is 14.7. The topological polar surface area (TPSA) is 97.6 Å². The van der Waals surface area contributed by atoms with Crippen molar-refractivity contribution in [2.45, 2.75) is 13.0 Å². The standard InChI is InChI=1S/C21H17N7OS/c1-13-17(20(29)25-15-6-3-9-23-12-15)18(16-7-4-10-30-16)28-21(24-13)26-19(27-28)14-5-2-8-22-11-14/h2-12,18H,1H3,(H,25,29)(H,24,26,27). The lowest BCUT2D eigenvalue weighted by Crippen LogP contribution is -2.31. The molecular formula is C21H17N7OS. The van der Waals surface area contributed by atoms with Gasteiger partial charge in [-0.3, -0.25) is 14.8 Å². The highest BCUT2D eigenvalue weighted by molar-refractivity contribution is 7.10. The van der Waals surface area contributed by atoms with E-state index in [4.69, 9.17) is 5.10 Å². The van der Waals surface area contributed by atoms with Crippen molar-refractivity contribution in [3.05, 3.63) is 82.7 Å². The van der Waals surface area contributed by atoms with Gasteiger partial charge in [-0.05, 0) is 42.6 Å². The number of pyridine rings is 2. The lowest BCUT2D eigenvalue weighted by atomic mass is 10.0. The quantitative estimate of drug-likeness (QED) is 0.527. The van der Waals surface area contributed by atoms with Gasteiger partial charge in [-0.25, -0.2) is 4.68 Å². The van der Waals surface area contributed by atoms with Gasteiger partial charge in [0.1, 0.15) is 6.04 Å². The summed E-state index contributed by atoms with van der Waals surface area (Å²) in [4.78, 5) is 27.1. The monoisotopic (exact) mass is 415 g/mol. The number of thiophene rings is 1. The molecule has 148 valence electrons. The van der Waals surface area contributed by atoms with Gasteiger partial charge < -0.3 is 10.6 Å². The summed E-state index contributed by atoms with van der Waals surface area (Å²) in [7, 11) is 0. The molecule has 0 saturated carbocycles. The van der Waals surface area contributed by atoms with Gasteiger partial charge in [-0.1, -0.05) is 6.07 Å². The van der Waals surface area contributed by atoms with Crippen LogP contribution in [0, 0.1) is 0 Å². The third-order valence-corrected chi connectivity index (χ3v) is 5.67. The van der Waals surface area contributed by atoms with Crippen LogP contribution >= 0.6 is 11.3 Å². The van der Waals surface area contributed by atoms with E-state index in [1.165, 1.54) is 0 Å². The summed E-state index contributed by atoms with van der Waals surface area (Å²) in [5.41, 5.74) is 2.75. The van der Waals surface area contributed by atoms with E-state index in [1.807, 2.05) is 36.6 Å². The molecule has 0 spiro atoms. The molecule has 4 aromatic heterocycles. The number of anilines is 2. The average Bonchev–Trinajstić information content (AvgIpc) is 3.44. The molecule has 0 radical (unpaired) electrons. The van der Waals surface area contributed by atoms with Crippen LogP contribution in [0.2, 0.25) is 0 Å². The molecule has 5 heterocycles. The Morgan fingerprint density at radius 3 is 2.67 bits per heavy atom. The van der Waals surface area contributed by atoms with Gasteiger partial charge in [0.2, 0.25) is 5.95 Å². The fourth-order valence-corrected chi connectivity index (χ4v) is 4.23. The van der Waals surface area contributed by atoms with Crippen molar-refractivity contribution < 1.29 is 4.79 Å². The number of nitrogens with zero attached hydrogens (tertiary/aromatic N) is 5. The van der Waals surface area contributed by atoms with Crippen molar-refractivity contribution in [3.63, 3.8) is 0 Å². The molecule has 1 amide bonds. The summed E-state index contributed by atoms with van der Waals surface area (Å²) < 4.78 is 1.76. The second kappa shape index (κ2) is 7.53. The third kappa shape index (κ3) is 3.25. The molecule has 30 heavy (non-hydrogen) atoms. The number of fused-ring (bicyclic) bond motifs is 1. The summed E-state index contributed by atoms with van der Waals surface area (Å²) in [5, 5.41) is 12.9. The summed E-state index contributed by atoms with van der Waals surface area (Å²) in [6.07, 6.45) is 6.71. The highest BCUT2D eigenvalue weighted by Gasteiger charge is 2.35. The Bertz CT molecular complexity index is 1220. The van der Waals surface area contributed by atoms with Gasteiger partial charge in [0.25, 0.3) is 5.91 Å². The van der Waals surface area contributed by atoms with Crippen molar-refractivity contribution >= 4 is 28.9 Å². The maximum Gasteiger partial charge on any atom is 0.255 e. The maximum atomic E-state index is 13.3. The Labute approximate surface area is 176 Å². The maximum absolute atomic E-state index is 13.3. The molecular weight excluding hydrogens is 398 g/mol. The number of amides is 1. The Balaban J connectivity index is 1.58. The molecule has 5 rings (SSSR count). The number of carbonyl (C=O) groups excluding carboxylic acids is 1. The van der Waals surface area contributed by atoms with Crippen molar-refractivity contribution in [1.29, 1.82) is 0 Å². The van der Waals surface area contributed by atoms with Gasteiger partial charge in [-0.2, -0.15) is 4.98 Å². The van der Waals surface area contributed by atoms with Crippen LogP contribution in [0.5, 0.6) is 0 Å². The summed E-state index contributed by atoms with van der Waals surface area (Å²) in [5.74, 6) is 0.923. The van der Waals surface area contributed by atoms with Crippen LogP contribution in [-0.4, -0.2) is 30.6 Å². The number of aromatic nitrogens is 5. The lowest BCUT2D eigenvalue weighted by molar-refractivity contribution is -0.113. The number of nitrogens with one attached hydrogen (secondary N) is 2. The molecule has 0 saturated heterocycles. The molecule has 1 aliphatic heterocycles. The third-order valence-electron chi connectivity index (χ3n) is 4.75. The molecule has 0 bridgehead atoms. The van der Waals surface area contributed by atoms with E-state index in [-0.39, 0.29) is 5.91 Å². The molecule has 0 aromatic carbocycles. The molecule has 1 unspecified atom stereocenters. The normalized spacial score (nSPS) is 15.4. The minimum Gasteiger partial charge on any atom is -0.328 e. The van der Waals surface area contributed by atoms with Crippen LogP contribution in [0.3, 0.4) is 0 Å². The van der Waals surface area contributed by atoms with Gasteiger partial charge in [0.15, 0.2) is 5.82 Å². The first kappa shape index (κ1) is 18.2. The average molecular weight is 415 g/mol. The number of rotatable bonds is 4. The van der Waals surface area contributed by atoms with E-state index in [1.54, 1.807) is 52.9 Å². The van der Waals surface area contributed by atoms with Gasteiger partial charge in [0, 0.05) is 34.7 Å². The van der Waals surface area contributed by atoms with Crippen LogP contribution < -0.4 is 10.6 Å². The molecule has 1 aliphatic rings. The van der Waals surface area contributed by atoms with Crippen LogP contribution in [0.1, 0.15) is 17.8 Å². The van der Waals surface area contributed by atoms with Gasteiger partial charge in [-0.15, -0.1) is 16.4 Å². The Kier molecular flexibility index (Phi) is 4.56. The molecule has 8 nitrogen and oxygen atoms in total. The summed E-state index contributed by atoms with van der Waals surface area (Å²) >= 11 is 1.57. The second-order valence-electron chi connectivity index (χ2n) is 6.72. The molecule has 2 N–H and O–H groups in total.